The van der Waals surface area contributed by atoms with Crippen LogP contribution in [0.25, 0.3) is 0 Å². The van der Waals surface area contributed by atoms with Crippen molar-refractivity contribution in [3.05, 3.63) is 0 Å². The van der Waals surface area contributed by atoms with Crippen LogP contribution in [0.2, 0.25) is 0 Å². The molecule has 3 N–H and O–H groups in total. The van der Waals surface area contributed by atoms with Crippen LogP contribution < -0.4 is 11.3 Å². The minimum Gasteiger partial charge on any atom is -0.384 e. The van der Waals surface area contributed by atoms with Crippen LogP contribution >= 0.6 is 0 Å². The summed E-state index contributed by atoms with van der Waals surface area (Å²) in [5.41, 5.74) is 2.24. The molecular formula is C11H23N3O2. The Kier molecular flexibility index (Phi) is 5.73. The quantitative estimate of drug-likeness (QED) is 0.399. The fraction of sp³-hybridized carbons (Fsp3) is 0.909. The highest BCUT2D eigenvalue weighted by Crippen LogP contribution is 2.20. The summed E-state index contributed by atoms with van der Waals surface area (Å²) in [5, 5.41) is 0. The number of nitrogens with zero attached hydrogens (tertiary/aromatic N) is 1. The molecule has 16 heavy (non-hydrogen) atoms. The summed E-state index contributed by atoms with van der Waals surface area (Å²) in [6, 6.07) is -0.0755. The smallest absolute Gasteiger partial charge is 0.251 e. The zero-order valence-corrected chi connectivity index (χ0v) is 10.2. The molecule has 0 aromatic carbocycles. The largest absolute Gasteiger partial charge is 0.384 e. The molecule has 1 unspecified atom stereocenters. The Balaban J connectivity index is 2.41. The Morgan fingerprint density at radius 3 is 2.62 bits per heavy atom. The van der Waals surface area contributed by atoms with Crippen molar-refractivity contribution in [3.8, 4) is 0 Å². The molecule has 0 radical (unpaired) electrons. The number of rotatable bonds is 5. The van der Waals surface area contributed by atoms with Crippen molar-refractivity contribution in [3.63, 3.8) is 0 Å². The van der Waals surface area contributed by atoms with Gasteiger partial charge in [-0.1, -0.05) is 6.92 Å². The molecule has 1 aliphatic heterocycles. The number of nitrogens with two attached hydrogens (primary N) is 1. The Labute approximate surface area is 97.3 Å². The average Bonchev–Trinajstić information content (AvgIpc) is 2.32. The monoisotopic (exact) mass is 229 g/mol. The molecular weight excluding hydrogens is 206 g/mol. The summed E-state index contributed by atoms with van der Waals surface area (Å²) >= 11 is 0. The second-order valence-electron chi connectivity index (χ2n) is 4.37. The summed E-state index contributed by atoms with van der Waals surface area (Å²) in [5.74, 6) is 5.75. The Bertz CT molecular complexity index is 215. The van der Waals surface area contributed by atoms with E-state index in [4.69, 9.17) is 10.6 Å². The topological polar surface area (TPSA) is 67.6 Å². The lowest BCUT2D eigenvalue weighted by Gasteiger charge is -2.35. The van der Waals surface area contributed by atoms with Crippen LogP contribution in [0.4, 0.5) is 0 Å². The summed E-state index contributed by atoms with van der Waals surface area (Å²) in [4.78, 5) is 13.8. The van der Waals surface area contributed by atoms with E-state index in [0.717, 1.165) is 39.0 Å². The molecule has 0 saturated carbocycles. The lowest BCUT2D eigenvalue weighted by molar-refractivity contribution is -0.127. The van der Waals surface area contributed by atoms with E-state index in [1.54, 1.807) is 7.11 Å². The number of hydrazine groups is 1. The van der Waals surface area contributed by atoms with Crippen molar-refractivity contribution < 1.29 is 9.53 Å². The van der Waals surface area contributed by atoms with Gasteiger partial charge in [-0.25, -0.2) is 5.84 Å². The number of methoxy groups -OCH3 is 1. The fourth-order valence-corrected chi connectivity index (χ4v) is 2.37. The van der Waals surface area contributed by atoms with E-state index in [9.17, 15) is 4.79 Å². The molecule has 1 heterocycles. The molecule has 1 saturated heterocycles. The minimum atomic E-state index is -0.0762. The number of hydrogen-bond donors (Lipinski definition) is 2. The number of carbonyl (C=O) groups excluding carboxylic acids is 1. The van der Waals surface area contributed by atoms with Gasteiger partial charge in [-0.3, -0.25) is 15.1 Å². The van der Waals surface area contributed by atoms with E-state index in [-0.39, 0.29) is 11.9 Å². The predicted octanol–water partition coefficient (Wildman–Crippen LogP) is 0.113. The summed E-state index contributed by atoms with van der Waals surface area (Å²) in [6.07, 6.45) is 3.00. The highest BCUT2D eigenvalue weighted by atomic mass is 16.5. The van der Waals surface area contributed by atoms with Crippen molar-refractivity contribution in [2.75, 3.05) is 26.8 Å². The van der Waals surface area contributed by atoms with Crippen molar-refractivity contribution in [1.29, 1.82) is 0 Å². The van der Waals surface area contributed by atoms with Gasteiger partial charge in [0.15, 0.2) is 0 Å². The van der Waals surface area contributed by atoms with Crippen LogP contribution in [0, 0.1) is 5.92 Å². The maximum atomic E-state index is 11.5. The first-order valence-electron chi connectivity index (χ1n) is 5.96. The van der Waals surface area contributed by atoms with E-state index in [1.165, 1.54) is 0 Å². The maximum Gasteiger partial charge on any atom is 0.251 e. The standard InChI is InChI=1S/C11H23N3O2/c1-3-10(11(15)13-12)14-6-4-9(5-7-14)8-16-2/h9-10H,3-8,12H2,1-2H3,(H,13,15). The van der Waals surface area contributed by atoms with Crippen molar-refractivity contribution in [1.82, 2.24) is 10.3 Å². The summed E-state index contributed by atoms with van der Waals surface area (Å²) in [7, 11) is 1.74. The van der Waals surface area contributed by atoms with E-state index in [0.29, 0.717) is 5.92 Å². The zero-order valence-electron chi connectivity index (χ0n) is 10.2. The van der Waals surface area contributed by atoms with Crippen molar-refractivity contribution in [2.45, 2.75) is 32.2 Å². The Morgan fingerprint density at radius 1 is 1.56 bits per heavy atom. The molecule has 0 aromatic rings. The molecule has 0 bridgehead atoms. The van der Waals surface area contributed by atoms with Gasteiger partial charge in [0.2, 0.25) is 0 Å². The first kappa shape index (κ1) is 13.4. The number of hydrogen-bond acceptors (Lipinski definition) is 4. The third kappa shape index (κ3) is 3.43. The molecule has 0 aromatic heterocycles. The van der Waals surface area contributed by atoms with E-state index < -0.39 is 0 Å². The van der Waals surface area contributed by atoms with Gasteiger partial charge < -0.3 is 4.74 Å². The zero-order chi connectivity index (χ0) is 12.0. The number of nitrogens with one attached hydrogen (secondary N) is 1. The van der Waals surface area contributed by atoms with Gasteiger partial charge >= 0.3 is 0 Å². The van der Waals surface area contributed by atoms with Gasteiger partial charge in [0.25, 0.3) is 5.91 Å². The van der Waals surface area contributed by atoms with Gasteiger partial charge in [-0.15, -0.1) is 0 Å². The van der Waals surface area contributed by atoms with Gasteiger partial charge in [-0.05, 0) is 38.3 Å². The van der Waals surface area contributed by atoms with Crippen LogP contribution in [0.15, 0.2) is 0 Å². The molecule has 1 fully saturated rings. The number of likely N-dealkylation sites (tertiary alicyclic amines) is 1. The lowest BCUT2D eigenvalue weighted by atomic mass is 9.96. The minimum absolute atomic E-state index is 0.0755. The number of amides is 1. The molecule has 5 heteroatoms. The molecule has 5 nitrogen and oxygen atoms in total. The molecule has 1 aliphatic rings. The molecule has 0 spiro atoms. The highest BCUT2D eigenvalue weighted by molar-refractivity contribution is 5.81. The first-order chi connectivity index (χ1) is 7.72. The summed E-state index contributed by atoms with van der Waals surface area (Å²) < 4.78 is 5.15. The number of ether oxygens (including phenoxy) is 1. The van der Waals surface area contributed by atoms with Crippen LogP contribution in [0.1, 0.15) is 26.2 Å². The van der Waals surface area contributed by atoms with Crippen LogP contribution in [0.5, 0.6) is 0 Å². The Hall–Kier alpha value is -0.650. The second-order valence-corrected chi connectivity index (χ2v) is 4.37. The average molecular weight is 229 g/mol. The van der Waals surface area contributed by atoms with Crippen LogP contribution in [-0.4, -0.2) is 43.7 Å². The number of piperidine rings is 1. The van der Waals surface area contributed by atoms with Crippen LogP contribution in [0.3, 0.4) is 0 Å². The van der Waals surface area contributed by atoms with Gasteiger partial charge in [0, 0.05) is 13.7 Å². The third-order valence-corrected chi connectivity index (χ3v) is 3.32. The summed E-state index contributed by atoms with van der Waals surface area (Å²) in [6.45, 7) is 4.76. The third-order valence-electron chi connectivity index (χ3n) is 3.32. The molecule has 1 amide bonds. The van der Waals surface area contributed by atoms with Gasteiger partial charge in [0.1, 0.15) is 0 Å². The lowest BCUT2D eigenvalue weighted by Crippen LogP contribution is -2.51. The second kappa shape index (κ2) is 6.83. The van der Waals surface area contributed by atoms with Gasteiger partial charge in [0.05, 0.1) is 6.04 Å². The molecule has 94 valence electrons. The van der Waals surface area contributed by atoms with Gasteiger partial charge in [-0.2, -0.15) is 0 Å². The van der Waals surface area contributed by atoms with E-state index in [2.05, 4.69) is 10.3 Å². The maximum absolute atomic E-state index is 11.5. The molecule has 1 rings (SSSR count). The SMILES string of the molecule is CCC(C(=O)NN)N1CCC(COC)CC1. The van der Waals surface area contributed by atoms with Crippen molar-refractivity contribution in [2.24, 2.45) is 11.8 Å². The highest BCUT2D eigenvalue weighted by Gasteiger charge is 2.27. The fourth-order valence-electron chi connectivity index (χ4n) is 2.37. The first-order valence-corrected chi connectivity index (χ1v) is 5.96. The van der Waals surface area contributed by atoms with E-state index >= 15 is 0 Å². The normalized spacial score (nSPS) is 20.7. The Morgan fingerprint density at radius 2 is 2.19 bits per heavy atom. The number of carbonyl (C=O) groups is 1. The molecule has 1 atom stereocenters. The van der Waals surface area contributed by atoms with E-state index in [1.807, 2.05) is 6.92 Å². The predicted molar refractivity (Wildman–Crippen MR) is 62.6 cm³/mol. The van der Waals surface area contributed by atoms with Crippen molar-refractivity contribution >= 4 is 5.91 Å². The van der Waals surface area contributed by atoms with Crippen LogP contribution in [-0.2, 0) is 9.53 Å². The molecule has 0 aliphatic carbocycles.